The third-order valence-corrected chi connectivity index (χ3v) is 3.14. The van der Waals surface area contributed by atoms with Gasteiger partial charge in [0, 0.05) is 32.1 Å². The molecular weight excluding hydrogens is 274 g/mol. The molecule has 2 aromatic rings. The minimum absolute atomic E-state index is 0.0987. The van der Waals surface area contributed by atoms with Gasteiger partial charge < -0.3 is 10.4 Å². The lowest BCUT2D eigenvalue weighted by atomic mass is 10.1. The SMILES string of the molecule is Cc1nn(C)cc1[C@H](C)NC(=O)c1nn(C)cc1C(=O)O. The molecule has 2 heterocycles. The predicted molar refractivity (Wildman–Crippen MR) is 74.0 cm³/mol. The molecule has 1 atom stereocenters. The standard InChI is InChI=1S/C13H17N5O3/c1-7(9-5-17(3)15-8(9)2)14-12(19)11-10(13(20)21)6-18(4)16-11/h5-7H,1-4H3,(H,14,19)(H,20,21)/t7-/m0/s1. The highest BCUT2D eigenvalue weighted by Crippen LogP contribution is 2.16. The van der Waals surface area contributed by atoms with Crippen LogP contribution in [-0.2, 0) is 14.1 Å². The van der Waals surface area contributed by atoms with E-state index in [1.54, 1.807) is 18.8 Å². The van der Waals surface area contributed by atoms with Gasteiger partial charge >= 0.3 is 5.97 Å². The molecule has 0 bridgehead atoms. The van der Waals surface area contributed by atoms with E-state index in [2.05, 4.69) is 15.5 Å². The van der Waals surface area contributed by atoms with E-state index in [0.29, 0.717) is 0 Å². The Morgan fingerprint density at radius 1 is 1.24 bits per heavy atom. The minimum atomic E-state index is -1.18. The van der Waals surface area contributed by atoms with Crippen LogP contribution in [0, 0.1) is 6.92 Å². The Balaban J connectivity index is 2.22. The van der Waals surface area contributed by atoms with Gasteiger partial charge in [-0.3, -0.25) is 14.2 Å². The highest BCUT2D eigenvalue weighted by Gasteiger charge is 2.23. The van der Waals surface area contributed by atoms with Gasteiger partial charge in [0.05, 0.1) is 11.7 Å². The molecule has 0 aromatic carbocycles. The maximum Gasteiger partial charge on any atom is 0.339 e. The van der Waals surface area contributed by atoms with Crippen LogP contribution in [0.3, 0.4) is 0 Å². The van der Waals surface area contributed by atoms with Crippen molar-refractivity contribution in [2.45, 2.75) is 19.9 Å². The summed E-state index contributed by atoms with van der Waals surface area (Å²) < 4.78 is 2.97. The molecule has 0 spiro atoms. The number of aryl methyl sites for hydroxylation is 3. The quantitative estimate of drug-likeness (QED) is 0.861. The first kappa shape index (κ1) is 14.8. The monoisotopic (exact) mass is 291 g/mol. The molecule has 2 aromatic heterocycles. The van der Waals surface area contributed by atoms with Crippen LogP contribution < -0.4 is 5.32 Å². The van der Waals surface area contributed by atoms with Gasteiger partial charge in [-0.25, -0.2) is 4.79 Å². The average molecular weight is 291 g/mol. The number of carboxylic acid groups (broad SMARTS) is 1. The molecule has 0 saturated heterocycles. The van der Waals surface area contributed by atoms with Crippen molar-refractivity contribution >= 4 is 11.9 Å². The minimum Gasteiger partial charge on any atom is -0.478 e. The first-order chi connectivity index (χ1) is 9.79. The van der Waals surface area contributed by atoms with E-state index in [1.165, 1.54) is 10.9 Å². The second kappa shape index (κ2) is 5.39. The number of carboxylic acids is 1. The number of nitrogens with one attached hydrogen (secondary N) is 1. The van der Waals surface area contributed by atoms with Crippen LogP contribution in [0.1, 0.15) is 45.1 Å². The second-order valence-electron chi connectivity index (χ2n) is 4.91. The maximum absolute atomic E-state index is 12.2. The Bertz CT molecular complexity index is 701. The zero-order chi connectivity index (χ0) is 15.7. The molecule has 8 heteroatoms. The molecule has 112 valence electrons. The zero-order valence-electron chi connectivity index (χ0n) is 12.3. The number of aromatic nitrogens is 4. The summed E-state index contributed by atoms with van der Waals surface area (Å²) in [4.78, 5) is 23.3. The fraction of sp³-hybridized carbons (Fsp3) is 0.385. The Kier molecular flexibility index (Phi) is 3.79. The number of hydrogen-bond donors (Lipinski definition) is 2. The van der Waals surface area contributed by atoms with Crippen molar-refractivity contribution in [2.24, 2.45) is 14.1 Å². The molecule has 0 aliphatic rings. The van der Waals surface area contributed by atoms with Crippen LogP contribution in [0.5, 0.6) is 0 Å². The van der Waals surface area contributed by atoms with Gasteiger partial charge in [0.25, 0.3) is 5.91 Å². The highest BCUT2D eigenvalue weighted by molar-refractivity contribution is 6.03. The number of nitrogens with zero attached hydrogens (tertiary/aromatic N) is 4. The van der Waals surface area contributed by atoms with Gasteiger partial charge in [-0.15, -0.1) is 0 Å². The van der Waals surface area contributed by atoms with Gasteiger partial charge in [-0.1, -0.05) is 0 Å². The summed E-state index contributed by atoms with van der Waals surface area (Å²) in [6, 6.07) is -0.296. The summed E-state index contributed by atoms with van der Waals surface area (Å²) in [5.41, 5.74) is 1.46. The Morgan fingerprint density at radius 3 is 2.38 bits per heavy atom. The summed E-state index contributed by atoms with van der Waals surface area (Å²) in [7, 11) is 3.37. The second-order valence-corrected chi connectivity index (χ2v) is 4.91. The Morgan fingerprint density at radius 2 is 1.86 bits per heavy atom. The fourth-order valence-corrected chi connectivity index (χ4v) is 2.20. The van der Waals surface area contributed by atoms with Gasteiger partial charge in [0.2, 0.25) is 0 Å². The summed E-state index contributed by atoms with van der Waals surface area (Å²) in [6.45, 7) is 3.66. The molecule has 0 unspecified atom stereocenters. The van der Waals surface area contributed by atoms with Crippen molar-refractivity contribution in [1.29, 1.82) is 0 Å². The molecule has 0 radical (unpaired) electrons. The van der Waals surface area contributed by atoms with Crippen LogP contribution in [0.15, 0.2) is 12.4 Å². The fourth-order valence-electron chi connectivity index (χ4n) is 2.20. The largest absolute Gasteiger partial charge is 0.478 e. The van der Waals surface area contributed by atoms with Crippen molar-refractivity contribution in [3.05, 3.63) is 34.9 Å². The molecule has 8 nitrogen and oxygen atoms in total. The smallest absolute Gasteiger partial charge is 0.339 e. The Hall–Kier alpha value is -2.64. The van der Waals surface area contributed by atoms with Gasteiger partial charge in [0.1, 0.15) is 5.56 Å². The summed E-state index contributed by atoms with van der Waals surface area (Å²) in [5, 5.41) is 19.9. The topological polar surface area (TPSA) is 102 Å². The molecular formula is C13H17N5O3. The van der Waals surface area contributed by atoms with E-state index in [9.17, 15) is 9.59 Å². The number of hydrogen-bond acceptors (Lipinski definition) is 4. The summed E-state index contributed by atoms with van der Waals surface area (Å²) in [6.07, 6.45) is 3.12. The average Bonchev–Trinajstić information content (AvgIpc) is 2.92. The number of amides is 1. The summed E-state index contributed by atoms with van der Waals surface area (Å²) in [5.74, 6) is -1.71. The molecule has 0 saturated carbocycles. The van der Waals surface area contributed by atoms with Crippen molar-refractivity contribution in [3.63, 3.8) is 0 Å². The lowest BCUT2D eigenvalue weighted by Gasteiger charge is -2.12. The third kappa shape index (κ3) is 2.93. The normalized spacial score (nSPS) is 12.2. The van der Waals surface area contributed by atoms with E-state index in [1.807, 2.05) is 20.0 Å². The zero-order valence-corrected chi connectivity index (χ0v) is 12.3. The van der Waals surface area contributed by atoms with Crippen LogP contribution in [0.2, 0.25) is 0 Å². The van der Waals surface area contributed by atoms with E-state index in [0.717, 1.165) is 11.3 Å². The number of carbonyl (C=O) groups excluding carboxylic acids is 1. The lowest BCUT2D eigenvalue weighted by molar-refractivity contribution is 0.0690. The van der Waals surface area contributed by atoms with Crippen molar-refractivity contribution in [2.75, 3.05) is 0 Å². The number of aromatic carboxylic acids is 1. The van der Waals surface area contributed by atoms with Gasteiger partial charge in [0.15, 0.2) is 5.69 Å². The van der Waals surface area contributed by atoms with Crippen LogP contribution in [-0.4, -0.2) is 36.5 Å². The molecule has 21 heavy (non-hydrogen) atoms. The molecule has 0 fully saturated rings. The van der Waals surface area contributed by atoms with E-state index in [-0.39, 0.29) is 17.3 Å². The third-order valence-electron chi connectivity index (χ3n) is 3.14. The highest BCUT2D eigenvalue weighted by atomic mass is 16.4. The van der Waals surface area contributed by atoms with E-state index in [4.69, 9.17) is 5.11 Å². The first-order valence-electron chi connectivity index (χ1n) is 6.37. The first-order valence-corrected chi connectivity index (χ1v) is 6.37. The lowest BCUT2D eigenvalue weighted by Crippen LogP contribution is -2.28. The molecule has 2 N–H and O–H groups in total. The van der Waals surface area contributed by atoms with Gasteiger partial charge in [-0.2, -0.15) is 10.2 Å². The summed E-state index contributed by atoms with van der Waals surface area (Å²) >= 11 is 0. The number of carbonyl (C=O) groups is 2. The van der Waals surface area contributed by atoms with E-state index < -0.39 is 11.9 Å². The van der Waals surface area contributed by atoms with Crippen molar-refractivity contribution in [3.8, 4) is 0 Å². The maximum atomic E-state index is 12.2. The Labute approximate surface area is 121 Å². The van der Waals surface area contributed by atoms with Crippen LogP contribution in [0.4, 0.5) is 0 Å². The van der Waals surface area contributed by atoms with Gasteiger partial charge in [-0.05, 0) is 13.8 Å². The van der Waals surface area contributed by atoms with Crippen molar-refractivity contribution < 1.29 is 14.7 Å². The van der Waals surface area contributed by atoms with Crippen molar-refractivity contribution in [1.82, 2.24) is 24.9 Å². The number of rotatable bonds is 4. The molecule has 1 amide bonds. The predicted octanol–water partition coefficient (Wildman–Crippen LogP) is 0.651. The molecule has 0 aliphatic carbocycles. The van der Waals surface area contributed by atoms with Crippen LogP contribution >= 0.6 is 0 Å². The molecule has 2 rings (SSSR count). The van der Waals surface area contributed by atoms with Crippen LogP contribution in [0.25, 0.3) is 0 Å². The molecule has 0 aliphatic heterocycles. The van der Waals surface area contributed by atoms with E-state index >= 15 is 0 Å².